The number of hydrogen-bond acceptors (Lipinski definition) is 8. The van der Waals surface area contributed by atoms with E-state index in [1.165, 1.54) is 0 Å². The number of pyridine rings is 1. The van der Waals surface area contributed by atoms with Crippen LogP contribution in [0, 0.1) is 0 Å². The summed E-state index contributed by atoms with van der Waals surface area (Å²) < 4.78 is 0. The Labute approximate surface area is 171 Å². The molecule has 10 nitrogen and oxygen atoms in total. The van der Waals surface area contributed by atoms with Gasteiger partial charge in [-0.05, 0) is 31.2 Å². The third kappa shape index (κ3) is 4.50. The molecule has 0 saturated heterocycles. The van der Waals surface area contributed by atoms with Crippen LogP contribution in [0.1, 0.15) is 23.7 Å². The molecule has 0 spiro atoms. The average molecular weight is 407 g/mol. The molecule has 2 aromatic heterocycles. The van der Waals surface area contributed by atoms with Crippen molar-refractivity contribution in [3.05, 3.63) is 64.6 Å². The molecule has 3 aromatic rings. The number of benzene rings is 1. The highest BCUT2D eigenvalue weighted by Crippen LogP contribution is 2.24. The van der Waals surface area contributed by atoms with Crippen LogP contribution in [0.25, 0.3) is 11.3 Å². The first-order valence-corrected chi connectivity index (χ1v) is 9.11. The van der Waals surface area contributed by atoms with Crippen molar-refractivity contribution in [2.24, 2.45) is 11.6 Å². The van der Waals surface area contributed by atoms with Crippen molar-refractivity contribution in [3.8, 4) is 11.3 Å². The maximum atomic E-state index is 12.5. The van der Waals surface area contributed by atoms with Gasteiger partial charge in [0.1, 0.15) is 11.8 Å². The number of amides is 1. The minimum absolute atomic E-state index is 0.0114. The molecule has 1 atom stereocenters. The second-order valence-electron chi connectivity index (χ2n) is 6.56. The summed E-state index contributed by atoms with van der Waals surface area (Å²) in [7, 11) is 0. The number of aromatic amines is 1. The number of nitrogens with zero attached hydrogens (tertiary/aromatic N) is 3. The fourth-order valence-electron chi connectivity index (χ4n) is 2.79. The number of hydrogen-bond donors (Lipinski definition) is 4. The second kappa shape index (κ2) is 8.97. The third-order valence-corrected chi connectivity index (χ3v) is 4.40. The number of H-pyrrole nitrogens is 1. The zero-order chi connectivity index (χ0) is 21.7. The third-order valence-electron chi connectivity index (χ3n) is 4.40. The van der Waals surface area contributed by atoms with E-state index in [0.717, 1.165) is 16.3 Å². The van der Waals surface area contributed by atoms with E-state index in [0.29, 0.717) is 12.0 Å². The number of carbonyl (C=O) groups excluding carboxylic acids is 2. The van der Waals surface area contributed by atoms with E-state index in [2.05, 4.69) is 20.3 Å². The van der Waals surface area contributed by atoms with Crippen molar-refractivity contribution in [1.82, 2.24) is 15.0 Å². The van der Waals surface area contributed by atoms with Crippen molar-refractivity contribution in [1.29, 1.82) is 0 Å². The molecule has 1 aromatic carbocycles. The van der Waals surface area contributed by atoms with Gasteiger partial charge in [-0.2, -0.15) is 4.98 Å². The lowest BCUT2D eigenvalue weighted by Gasteiger charge is -2.23. The lowest BCUT2D eigenvalue weighted by molar-refractivity contribution is -0.108. The van der Waals surface area contributed by atoms with Gasteiger partial charge in [-0.25, -0.2) is 5.84 Å². The molecule has 2 heterocycles. The monoisotopic (exact) mass is 407 g/mol. The van der Waals surface area contributed by atoms with Crippen LogP contribution in [-0.2, 0) is 4.79 Å². The topological polar surface area (TPSA) is 160 Å². The molecule has 0 bridgehead atoms. The summed E-state index contributed by atoms with van der Waals surface area (Å²) >= 11 is 0. The van der Waals surface area contributed by atoms with E-state index in [9.17, 15) is 14.4 Å². The molecule has 6 N–H and O–H groups in total. The quantitative estimate of drug-likeness (QED) is 0.247. The zero-order valence-corrected chi connectivity index (χ0v) is 16.2. The molecule has 3 rings (SSSR count). The molecule has 10 heteroatoms. The van der Waals surface area contributed by atoms with Crippen LogP contribution in [0.15, 0.2) is 53.5 Å². The highest BCUT2D eigenvalue weighted by atomic mass is 16.2. The summed E-state index contributed by atoms with van der Waals surface area (Å²) in [6.07, 6.45) is 2.52. The van der Waals surface area contributed by atoms with Crippen LogP contribution >= 0.6 is 0 Å². The largest absolute Gasteiger partial charge is 0.365 e. The molecule has 0 aliphatic rings. The van der Waals surface area contributed by atoms with Gasteiger partial charge in [0.05, 0.1) is 11.7 Å². The summed E-state index contributed by atoms with van der Waals surface area (Å²) in [6.45, 7) is 1.69. The Bertz CT molecular complexity index is 1110. The van der Waals surface area contributed by atoms with Crippen LogP contribution in [0.4, 0.5) is 17.5 Å². The molecule has 0 aliphatic carbocycles. The number of nitrogens with one attached hydrogen (secondary N) is 2. The summed E-state index contributed by atoms with van der Waals surface area (Å²) in [5.74, 6) is 4.97. The number of aromatic nitrogens is 3. The number of anilines is 3. The number of nitrogens with two attached hydrogens (primary N) is 2. The predicted molar refractivity (Wildman–Crippen MR) is 113 cm³/mol. The van der Waals surface area contributed by atoms with Crippen molar-refractivity contribution in [2.75, 3.05) is 10.3 Å². The molecule has 0 saturated carbocycles. The Hall–Kier alpha value is -4.05. The van der Waals surface area contributed by atoms with E-state index in [1.807, 2.05) is 24.3 Å². The van der Waals surface area contributed by atoms with Gasteiger partial charge in [0.25, 0.3) is 11.5 Å². The van der Waals surface area contributed by atoms with Gasteiger partial charge in [-0.1, -0.05) is 18.2 Å². The minimum Gasteiger partial charge on any atom is -0.365 e. The fourth-order valence-corrected chi connectivity index (χ4v) is 2.79. The maximum absolute atomic E-state index is 12.5. The molecule has 0 unspecified atom stereocenters. The fraction of sp³-hybridized carbons (Fsp3) is 0.150. The van der Waals surface area contributed by atoms with Crippen molar-refractivity contribution >= 4 is 29.6 Å². The van der Waals surface area contributed by atoms with Gasteiger partial charge in [-0.15, -0.1) is 0 Å². The maximum Gasteiger partial charge on any atom is 0.267 e. The first-order valence-electron chi connectivity index (χ1n) is 9.11. The Morgan fingerprint density at radius 1 is 1.30 bits per heavy atom. The van der Waals surface area contributed by atoms with Crippen molar-refractivity contribution in [2.45, 2.75) is 19.4 Å². The van der Waals surface area contributed by atoms with Crippen molar-refractivity contribution in [3.63, 3.8) is 0 Å². The summed E-state index contributed by atoms with van der Waals surface area (Å²) in [4.78, 5) is 46.1. The lowest BCUT2D eigenvalue weighted by Crippen LogP contribution is -2.42. The highest BCUT2D eigenvalue weighted by Gasteiger charge is 2.20. The van der Waals surface area contributed by atoms with E-state index >= 15 is 0 Å². The number of hydrazine groups is 1. The molecule has 30 heavy (non-hydrogen) atoms. The second-order valence-corrected chi connectivity index (χ2v) is 6.56. The summed E-state index contributed by atoms with van der Waals surface area (Å²) in [6, 6.07) is 12.3. The number of rotatable bonds is 8. The van der Waals surface area contributed by atoms with Gasteiger partial charge in [0, 0.05) is 23.9 Å². The van der Waals surface area contributed by atoms with E-state index in [4.69, 9.17) is 11.6 Å². The Kier molecular flexibility index (Phi) is 6.18. The summed E-state index contributed by atoms with van der Waals surface area (Å²) in [5, 5.41) is 4.11. The molecule has 0 radical (unpaired) electrons. The molecular formula is C20H21N7O3. The zero-order valence-electron chi connectivity index (χ0n) is 16.2. The summed E-state index contributed by atoms with van der Waals surface area (Å²) in [5.41, 5.74) is 6.45. The SMILES string of the molecule is C[C@H](CC=O)N(N)c1nc(Nc2cccc(-c3ccccn3)c2)c(C(N)=O)c(=O)[nH]1. The predicted octanol–water partition coefficient (Wildman–Crippen LogP) is 1.33. The Balaban J connectivity index is 2.01. The lowest BCUT2D eigenvalue weighted by atomic mass is 10.1. The molecule has 0 aliphatic heterocycles. The number of aldehydes is 1. The first-order chi connectivity index (χ1) is 14.4. The normalized spacial score (nSPS) is 11.5. The van der Waals surface area contributed by atoms with Crippen LogP contribution in [0.3, 0.4) is 0 Å². The van der Waals surface area contributed by atoms with E-state index < -0.39 is 17.5 Å². The molecule has 0 fully saturated rings. The van der Waals surface area contributed by atoms with Crippen LogP contribution in [0.2, 0.25) is 0 Å². The molecule has 1 amide bonds. The van der Waals surface area contributed by atoms with Crippen molar-refractivity contribution < 1.29 is 9.59 Å². The van der Waals surface area contributed by atoms with Gasteiger partial charge in [-0.3, -0.25) is 24.6 Å². The van der Waals surface area contributed by atoms with Crippen LogP contribution in [-0.4, -0.2) is 33.2 Å². The first kappa shape index (κ1) is 20.7. The Morgan fingerprint density at radius 2 is 2.10 bits per heavy atom. The molecule has 154 valence electrons. The average Bonchev–Trinajstić information content (AvgIpc) is 2.73. The highest BCUT2D eigenvalue weighted by molar-refractivity contribution is 5.98. The number of carbonyl (C=O) groups is 2. The van der Waals surface area contributed by atoms with E-state index in [1.54, 1.807) is 31.3 Å². The Morgan fingerprint density at radius 3 is 2.77 bits per heavy atom. The van der Waals surface area contributed by atoms with Crippen LogP contribution in [0.5, 0.6) is 0 Å². The van der Waals surface area contributed by atoms with Gasteiger partial charge < -0.3 is 15.8 Å². The minimum atomic E-state index is -0.941. The van der Waals surface area contributed by atoms with Gasteiger partial charge in [0.2, 0.25) is 5.95 Å². The number of primary amides is 1. The standard InChI is InChI=1S/C20H21N7O3/c1-12(8-10-28)27(22)20-25-18(16(17(21)29)19(30)26-20)24-14-6-4-5-13(11-14)15-7-2-3-9-23-15/h2-7,9-12H,8,22H2,1H3,(H2,21,29)(H2,24,25,26,30)/t12-/m1/s1. The van der Waals surface area contributed by atoms with E-state index in [-0.39, 0.29) is 23.8 Å². The van der Waals surface area contributed by atoms with Gasteiger partial charge >= 0.3 is 0 Å². The van der Waals surface area contributed by atoms with Gasteiger partial charge in [0.15, 0.2) is 5.82 Å². The van der Waals surface area contributed by atoms with Crippen LogP contribution < -0.4 is 27.5 Å². The molecular weight excluding hydrogens is 386 g/mol. The smallest absolute Gasteiger partial charge is 0.267 e.